The Morgan fingerprint density at radius 3 is 2.32 bits per heavy atom. The van der Waals surface area contributed by atoms with Crippen molar-refractivity contribution in [2.75, 3.05) is 0 Å². The summed E-state index contributed by atoms with van der Waals surface area (Å²) in [6.07, 6.45) is -5.42. The van der Waals surface area contributed by atoms with Gasteiger partial charge in [0.2, 0.25) is 11.7 Å². The van der Waals surface area contributed by atoms with Crippen LogP contribution in [-0.4, -0.2) is 24.7 Å². The van der Waals surface area contributed by atoms with Crippen LogP contribution >= 0.6 is 10.7 Å². The Kier molecular flexibility index (Phi) is 3.86. The molecule has 0 aliphatic heterocycles. The van der Waals surface area contributed by atoms with E-state index in [1.54, 1.807) is 0 Å². The number of rotatable bonds is 3. The molecule has 0 atom stereocenters. The smallest absolute Gasteiger partial charge is 0.397 e. The van der Waals surface area contributed by atoms with E-state index in [1.165, 1.54) is 0 Å². The van der Waals surface area contributed by atoms with E-state index in [0.29, 0.717) is 0 Å². The van der Waals surface area contributed by atoms with Crippen LogP contribution < -0.4 is 4.74 Å². The van der Waals surface area contributed by atoms with Gasteiger partial charge in [0.25, 0.3) is 9.05 Å². The summed E-state index contributed by atoms with van der Waals surface area (Å²) in [6.45, 7) is 0. The second-order valence-electron chi connectivity index (χ2n) is 2.84. The minimum atomic E-state index is -5.49. The van der Waals surface area contributed by atoms with Gasteiger partial charge in [-0.2, -0.15) is 4.39 Å². The predicted molar refractivity (Wildman–Crippen MR) is 50.6 cm³/mol. The highest BCUT2D eigenvalue weighted by Gasteiger charge is 2.40. The Labute approximate surface area is 106 Å². The summed E-state index contributed by atoms with van der Waals surface area (Å²) in [6, 6.07) is 0. The lowest BCUT2D eigenvalue weighted by Crippen LogP contribution is -2.20. The molecule has 0 unspecified atom stereocenters. The number of aromatic nitrogens is 1. The fourth-order valence-corrected chi connectivity index (χ4v) is 2.02. The highest BCUT2D eigenvalue weighted by atomic mass is 35.7. The second-order valence-corrected chi connectivity index (χ2v) is 5.34. The summed E-state index contributed by atoms with van der Waals surface area (Å²) in [5, 5.41) is 10.5. The third-order valence-electron chi connectivity index (χ3n) is 1.58. The lowest BCUT2D eigenvalue weighted by atomic mass is 10.4. The topological polar surface area (TPSA) is 99.4 Å². The number of nitro groups is 1. The normalized spacial score (nSPS) is 12.3. The molecule has 13 heteroatoms. The maximum atomic E-state index is 13.1. The number of ether oxygens (including phenoxy) is 1. The van der Waals surface area contributed by atoms with Crippen LogP contribution in [0.5, 0.6) is 5.75 Å². The molecule has 0 aromatic carbocycles. The molecule has 0 amide bonds. The number of nitrogens with zero attached hydrogens (tertiary/aromatic N) is 2. The molecule has 0 saturated heterocycles. The van der Waals surface area contributed by atoms with Gasteiger partial charge in [-0.3, -0.25) is 10.1 Å². The van der Waals surface area contributed by atoms with Gasteiger partial charge in [0.05, 0.1) is 4.92 Å². The molecule has 0 N–H and O–H groups in total. The van der Waals surface area contributed by atoms with Crippen molar-refractivity contribution in [2.24, 2.45) is 0 Å². The zero-order chi connectivity index (χ0) is 15.0. The SMILES string of the molecule is O=[N+]([O-])c1cnc(F)c(S(=O)(=O)Cl)c1OC(F)(F)F. The van der Waals surface area contributed by atoms with Gasteiger partial charge < -0.3 is 4.74 Å². The maximum Gasteiger partial charge on any atom is 0.573 e. The number of halogens is 5. The zero-order valence-corrected chi connectivity index (χ0v) is 9.88. The van der Waals surface area contributed by atoms with Crippen LogP contribution in [0.15, 0.2) is 11.1 Å². The van der Waals surface area contributed by atoms with Crippen LogP contribution in [0.4, 0.5) is 23.2 Å². The van der Waals surface area contributed by atoms with E-state index >= 15 is 0 Å². The van der Waals surface area contributed by atoms with E-state index in [9.17, 15) is 36.1 Å². The number of hydrogen-bond donors (Lipinski definition) is 0. The summed E-state index contributed by atoms with van der Waals surface area (Å²) < 4.78 is 74.3. The summed E-state index contributed by atoms with van der Waals surface area (Å²) in [5.74, 6) is -3.85. The van der Waals surface area contributed by atoms with Crippen molar-refractivity contribution in [3.63, 3.8) is 0 Å². The first-order valence-corrected chi connectivity index (χ1v) is 6.27. The summed E-state index contributed by atoms with van der Waals surface area (Å²) in [5.41, 5.74) is -1.50. The first kappa shape index (κ1) is 15.4. The molecule has 0 saturated carbocycles. The van der Waals surface area contributed by atoms with E-state index in [2.05, 4.69) is 9.72 Å². The standard InChI is InChI=1S/C6HClF4N2O5S/c7-19(16,17)4-3(18-6(9,10)11)2(13(14)15)1-12-5(4)8/h1H. The highest BCUT2D eigenvalue weighted by molar-refractivity contribution is 8.13. The highest BCUT2D eigenvalue weighted by Crippen LogP contribution is 2.39. The average molecular weight is 325 g/mol. The van der Waals surface area contributed by atoms with Gasteiger partial charge >= 0.3 is 12.0 Å². The molecule has 1 heterocycles. The first-order valence-electron chi connectivity index (χ1n) is 3.97. The van der Waals surface area contributed by atoms with E-state index in [-0.39, 0.29) is 6.20 Å². The van der Waals surface area contributed by atoms with Crippen LogP contribution in [0.3, 0.4) is 0 Å². The van der Waals surface area contributed by atoms with Crippen molar-refractivity contribution in [1.82, 2.24) is 4.98 Å². The Hall–Kier alpha value is -1.69. The Morgan fingerprint density at radius 1 is 1.42 bits per heavy atom. The van der Waals surface area contributed by atoms with E-state index in [0.717, 1.165) is 0 Å². The molecule has 1 aromatic rings. The number of hydrogen-bond acceptors (Lipinski definition) is 6. The minimum Gasteiger partial charge on any atom is -0.397 e. The molecule has 0 spiro atoms. The maximum absolute atomic E-state index is 13.1. The molecule has 106 valence electrons. The molecule has 0 aliphatic carbocycles. The monoisotopic (exact) mass is 324 g/mol. The molecular weight excluding hydrogens is 324 g/mol. The third kappa shape index (κ3) is 3.64. The number of pyridine rings is 1. The quantitative estimate of drug-likeness (QED) is 0.277. The van der Waals surface area contributed by atoms with Gasteiger partial charge in [0.1, 0.15) is 6.20 Å². The lowest BCUT2D eigenvalue weighted by molar-refractivity contribution is -0.389. The Balaban J connectivity index is 3.70. The van der Waals surface area contributed by atoms with Crippen molar-refractivity contribution < 1.29 is 35.6 Å². The van der Waals surface area contributed by atoms with Crippen molar-refractivity contribution in [2.45, 2.75) is 11.3 Å². The summed E-state index contributed by atoms with van der Waals surface area (Å²) in [7, 11) is -0.390. The molecule has 1 rings (SSSR count). The van der Waals surface area contributed by atoms with Gasteiger partial charge in [-0.25, -0.2) is 13.4 Å². The van der Waals surface area contributed by atoms with Gasteiger partial charge in [-0.15, -0.1) is 13.2 Å². The van der Waals surface area contributed by atoms with Crippen LogP contribution in [0.25, 0.3) is 0 Å². The van der Waals surface area contributed by atoms with Crippen molar-refractivity contribution in [3.05, 3.63) is 22.3 Å². The average Bonchev–Trinajstić information content (AvgIpc) is 2.11. The van der Waals surface area contributed by atoms with Gasteiger partial charge in [0.15, 0.2) is 4.90 Å². The zero-order valence-electron chi connectivity index (χ0n) is 8.31. The molecule has 0 radical (unpaired) electrons. The van der Waals surface area contributed by atoms with E-state index in [1.807, 2.05) is 0 Å². The van der Waals surface area contributed by atoms with Crippen molar-refractivity contribution in [3.8, 4) is 5.75 Å². The van der Waals surface area contributed by atoms with Crippen LogP contribution in [-0.2, 0) is 9.05 Å². The predicted octanol–water partition coefficient (Wildman–Crippen LogP) is 1.95. The molecule has 0 fully saturated rings. The van der Waals surface area contributed by atoms with Crippen molar-refractivity contribution >= 4 is 25.4 Å². The van der Waals surface area contributed by atoms with Crippen LogP contribution in [0.2, 0.25) is 0 Å². The fraction of sp³-hybridized carbons (Fsp3) is 0.167. The minimum absolute atomic E-state index is 0.0714. The van der Waals surface area contributed by atoms with Crippen LogP contribution in [0.1, 0.15) is 0 Å². The van der Waals surface area contributed by atoms with Gasteiger partial charge in [-0.05, 0) is 0 Å². The largest absolute Gasteiger partial charge is 0.573 e. The molecule has 19 heavy (non-hydrogen) atoms. The molecule has 0 bridgehead atoms. The second kappa shape index (κ2) is 4.77. The van der Waals surface area contributed by atoms with E-state index < -0.39 is 42.6 Å². The molecular formula is C6HClF4N2O5S. The lowest BCUT2D eigenvalue weighted by Gasteiger charge is -2.11. The van der Waals surface area contributed by atoms with Crippen LogP contribution in [0, 0.1) is 16.1 Å². The molecule has 0 aliphatic rings. The first-order chi connectivity index (χ1) is 8.43. The summed E-state index contributed by atoms with van der Waals surface area (Å²) >= 11 is 0. The Morgan fingerprint density at radius 2 is 1.95 bits per heavy atom. The van der Waals surface area contributed by atoms with Gasteiger partial charge in [0, 0.05) is 10.7 Å². The fourth-order valence-electron chi connectivity index (χ4n) is 1.00. The molecule has 1 aromatic heterocycles. The summed E-state index contributed by atoms with van der Waals surface area (Å²) in [4.78, 5) is 9.80. The third-order valence-corrected chi connectivity index (χ3v) is 2.89. The van der Waals surface area contributed by atoms with Crippen molar-refractivity contribution in [1.29, 1.82) is 0 Å². The van der Waals surface area contributed by atoms with E-state index in [4.69, 9.17) is 10.7 Å². The van der Waals surface area contributed by atoms with Gasteiger partial charge in [-0.1, -0.05) is 0 Å². The number of alkyl halides is 3. The molecule has 7 nitrogen and oxygen atoms in total. The Bertz CT molecular complexity index is 631.